The number of nitrogens with zero attached hydrogens (tertiary/aromatic N) is 3. The Kier molecular flexibility index (Phi) is 10.3. The van der Waals surface area contributed by atoms with Crippen LogP contribution in [0.5, 0.6) is 18.0 Å². The van der Waals surface area contributed by atoms with Crippen molar-refractivity contribution >= 4 is 0 Å². The Balaban J connectivity index is 1.47. The molecule has 3 aliphatic rings. The summed E-state index contributed by atoms with van der Waals surface area (Å²) in [7, 11) is 0. The van der Waals surface area contributed by atoms with E-state index in [0.717, 1.165) is 38.5 Å². The number of aliphatic hydroxyl groups is 3. The minimum Gasteiger partial charge on any atom is -0.460 e. The van der Waals surface area contributed by atoms with Gasteiger partial charge in [-0.25, -0.2) is 0 Å². The highest BCUT2D eigenvalue weighted by molar-refractivity contribution is 5.11. The molecule has 0 aliphatic heterocycles. The molecule has 1 aromatic rings. The molecule has 0 spiro atoms. The second-order valence-corrected chi connectivity index (χ2v) is 13.3. The predicted octanol–water partition coefficient (Wildman–Crippen LogP) is 4.56. The van der Waals surface area contributed by atoms with Crippen LogP contribution in [0.3, 0.4) is 0 Å². The molecule has 3 saturated carbocycles. The van der Waals surface area contributed by atoms with Gasteiger partial charge in [-0.1, -0.05) is 41.5 Å². The van der Waals surface area contributed by atoms with Crippen molar-refractivity contribution in [1.29, 1.82) is 0 Å². The van der Waals surface area contributed by atoms with Gasteiger partial charge in [-0.2, -0.15) is 0 Å². The lowest BCUT2D eigenvalue weighted by atomic mass is 9.78. The Labute approximate surface area is 234 Å². The molecule has 3 N–H and O–H groups in total. The van der Waals surface area contributed by atoms with Crippen LogP contribution < -0.4 is 14.2 Å². The largest absolute Gasteiger partial charge is 0.460 e. The van der Waals surface area contributed by atoms with E-state index in [0.29, 0.717) is 37.0 Å². The molecule has 1 heterocycles. The van der Waals surface area contributed by atoms with Gasteiger partial charge in [-0.3, -0.25) is 0 Å². The second kappa shape index (κ2) is 13.3. The molecule has 39 heavy (non-hydrogen) atoms. The molecule has 222 valence electrons. The van der Waals surface area contributed by atoms with Crippen molar-refractivity contribution < 1.29 is 29.5 Å². The fourth-order valence-corrected chi connectivity index (χ4v) is 6.98. The lowest BCUT2D eigenvalue weighted by Crippen LogP contribution is -2.38. The average Bonchev–Trinajstić information content (AvgIpc) is 2.83. The summed E-state index contributed by atoms with van der Waals surface area (Å²) in [6, 6.07) is 0.383. The molecule has 0 bridgehead atoms. The number of rotatable bonds is 9. The van der Waals surface area contributed by atoms with Gasteiger partial charge in [-0.15, -0.1) is 15.0 Å². The Bertz CT molecular complexity index is 788. The highest BCUT2D eigenvalue weighted by Crippen LogP contribution is 2.35. The van der Waals surface area contributed by atoms with Gasteiger partial charge >= 0.3 is 18.0 Å². The van der Waals surface area contributed by atoms with Gasteiger partial charge in [0.1, 0.15) is 18.3 Å². The number of hydrogen-bond acceptors (Lipinski definition) is 9. The molecular weight excluding hydrogens is 498 g/mol. The normalized spacial score (nSPS) is 35.8. The van der Waals surface area contributed by atoms with Crippen LogP contribution in [0.4, 0.5) is 0 Å². The van der Waals surface area contributed by atoms with E-state index in [1.54, 1.807) is 0 Å². The van der Waals surface area contributed by atoms with Crippen LogP contribution in [-0.4, -0.2) is 66.9 Å². The van der Waals surface area contributed by atoms with Gasteiger partial charge in [-0.05, 0) is 74.0 Å². The molecule has 4 rings (SSSR count). The Morgan fingerprint density at radius 1 is 0.487 bits per heavy atom. The highest BCUT2D eigenvalue weighted by atomic mass is 16.5. The summed E-state index contributed by atoms with van der Waals surface area (Å²) in [5.41, 5.74) is 0. The van der Waals surface area contributed by atoms with Crippen molar-refractivity contribution in [2.45, 2.75) is 136 Å². The first-order valence-corrected chi connectivity index (χ1v) is 15.3. The minimum atomic E-state index is -0.424. The molecule has 0 amide bonds. The maximum absolute atomic E-state index is 10.7. The van der Waals surface area contributed by atoms with E-state index in [1.165, 1.54) is 0 Å². The molecule has 1 aromatic heterocycles. The molecule has 9 atom stereocenters. The summed E-state index contributed by atoms with van der Waals surface area (Å²) in [6.45, 7) is 12.9. The zero-order chi connectivity index (χ0) is 28.3. The topological polar surface area (TPSA) is 127 Å². The van der Waals surface area contributed by atoms with Gasteiger partial charge in [0.05, 0.1) is 18.3 Å². The molecule has 3 aliphatic carbocycles. The molecule has 3 fully saturated rings. The highest BCUT2D eigenvalue weighted by Gasteiger charge is 2.36. The maximum atomic E-state index is 10.7. The molecule has 9 heteroatoms. The minimum absolute atomic E-state index is 0.128. The third-order valence-corrected chi connectivity index (χ3v) is 9.42. The van der Waals surface area contributed by atoms with Crippen molar-refractivity contribution in [3.8, 4) is 18.0 Å². The lowest BCUT2D eigenvalue weighted by molar-refractivity contribution is -0.0158. The Morgan fingerprint density at radius 3 is 0.949 bits per heavy atom. The van der Waals surface area contributed by atoms with Crippen molar-refractivity contribution in [1.82, 2.24) is 15.0 Å². The fraction of sp³-hybridized carbons (Fsp3) is 0.900. The van der Waals surface area contributed by atoms with Crippen LogP contribution in [0.2, 0.25) is 0 Å². The second-order valence-electron chi connectivity index (χ2n) is 13.3. The van der Waals surface area contributed by atoms with Crippen molar-refractivity contribution in [3.05, 3.63) is 0 Å². The lowest BCUT2D eigenvalue weighted by Gasteiger charge is -2.36. The van der Waals surface area contributed by atoms with Crippen LogP contribution in [-0.2, 0) is 0 Å². The van der Waals surface area contributed by atoms with E-state index >= 15 is 0 Å². The van der Waals surface area contributed by atoms with Gasteiger partial charge in [0.15, 0.2) is 0 Å². The molecular formula is C30H51N3O6. The zero-order valence-electron chi connectivity index (χ0n) is 24.7. The predicted molar refractivity (Wildman–Crippen MR) is 148 cm³/mol. The van der Waals surface area contributed by atoms with E-state index in [1.807, 2.05) is 0 Å². The average molecular weight is 550 g/mol. The summed E-state index contributed by atoms with van der Waals surface area (Å²) in [5, 5.41) is 32.0. The first-order valence-electron chi connectivity index (χ1n) is 15.3. The van der Waals surface area contributed by atoms with E-state index < -0.39 is 18.3 Å². The van der Waals surface area contributed by atoms with E-state index in [4.69, 9.17) is 14.2 Å². The SMILES string of the molecule is CC(C)[C@@H]1CC[C@@H](Oc2nc(O[C@@H]3CC[C@@H](C(C)C)[C@H](O)C3)nc(O[C@@H]3CC[C@@H](C(C)C)[C@H](O)C3)n2)C[C@H]1O. The standard InChI is InChI=1S/C30H51N3O6/c1-16(2)22-10-7-19(13-25(22)34)37-28-31-29(38-20-8-11-23(17(3)4)26(35)14-20)33-30(32-28)39-21-9-12-24(18(5)6)27(36)15-21/h16-27,34-36H,7-15H2,1-6H3/t19-,20-,21-,22+,23+,24+,25-,26-,27-/m1/s1. The first kappa shape index (κ1) is 30.3. The quantitative estimate of drug-likeness (QED) is 0.406. The first-order chi connectivity index (χ1) is 18.5. The zero-order valence-corrected chi connectivity index (χ0v) is 24.7. The summed E-state index contributed by atoms with van der Waals surface area (Å²) < 4.78 is 18.5. The van der Waals surface area contributed by atoms with Crippen LogP contribution >= 0.6 is 0 Å². The summed E-state index contributed by atoms with van der Waals surface area (Å²) in [4.78, 5) is 13.4. The Morgan fingerprint density at radius 2 is 0.744 bits per heavy atom. The third kappa shape index (κ3) is 7.94. The monoisotopic (exact) mass is 549 g/mol. The fourth-order valence-electron chi connectivity index (χ4n) is 6.98. The van der Waals surface area contributed by atoms with E-state index in [2.05, 4.69) is 56.5 Å². The summed E-state index contributed by atoms with van der Waals surface area (Å²) in [6.07, 6.45) is 4.79. The number of ether oxygens (including phenoxy) is 3. The molecule has 0 aromatic carbocycles. The van der Waals surface area contributed by atoms with Crippen LogP contribution in [0.15, 0.2) is 0 Å². The number of hydrogen-bond donors (Lipinski definition) is 3. The maximum Gasteiger partial charge on any atom is 0.326 e. The van der Waals surface area contributed by atoms with E-state index in [9.17, 15) is 15.3 Å². The van der Waals surface area contributed by atoms with Crippen LogP contribution in [0.25, 0.3) is 0 Å². The van der Waals surface area contributed by atoms with Gasteiger partial charge in [0.25, 0.3) is 0 Å². The van der Waals surface area contributed by atoms with Crippen LogP contribution in [0, 0.1) is 35.5 Å². The van der Waals surface area contributed by atoms with Gasteiger partial charge in [0, 0.05) is 19.3 Å². The van der Waals surface area contributed by atoms with Gasteiger partial charge in [0.2, 0.25) is 0 Å². The molecule has 0 saturated heterocycles. The Hall–Kier alpha value is -1.71. The van der Waals surface area contributed by atoms with Crippen molar-refractivity contribution in [2.75, 3.05) is 0 Å². The van der Waals surface area contributed by atoms with Crippen LogP contribution in [0.1, 0.15) is 99.3 Å². The molecule has 9 nitrogen and oxygen atoms in total. The summed E-state index contributed by atoms with van der Waals surface area (Å²) in [5.74, 6) is 2.04. The van der Waals surface area contributed by atoms with Crippen molar-refractivity contribution in [3.63, 3.8) is 0 Å². The van der Waals surface area contributed by atoms with E-state index in [-0.39, 0.29) is 54.1 Å². The summed E-state index contributed by atoms with van der Waals surface area (Å²) >= 11 is 0. The number of aliphatic hydroxyl groups excluding tert-OH is 3. The number of aromatic nitrogens is 3. The molecule has 0 unspecified atom stereocenters. The van der Waals surface area contributed by atoms with Gasteiger partial charge < -0.3 is 29.5 Å². The molecule has 0 radical (unpaired) electrons. The third-order valence-electron chi connectivity index (χ3n) is 9.42. The smallest absolute Gasteiger partial charge is 0.326 e. The van der Waals surface area contributed by atoms with Crippen molar-refractivity contribution in [2.24, 2.45) is 35.5 Å².